The Morgan fingerprint density at radius 3 is 2.79 bits per heavy atom. The summed E-state index contributed by atoms with van der Waals surface area (Å²) in [6.07, 6.45) is 1.93. The van der Waals surface area contributed by atoms with Crippen LogP contribution in [0.2, 0.25) is 0 Å². The number of carbonyl (C=O) groups is 2. The number of nitrogens with zero attached hydrogens (tertiary/aromatic N) is 1. The predicted octanol–water partition coefficient (Wildman–Crippen LogP) is -0.126. The summed E-state index contributed by atoms with van der Waals surface area (Å²) in [5.41, 5.74) is 0. The molecular weight excluding hydrogens is 186 g/mol. The van der Waals surface area contributed by atoms with E-state index in [4.69, 9.17) is 9.84 Å². The van der Waals surface area contributed by atoms with Gasteiger partial charge in [0.2, 0.25) is 5.91 Å². The van der Waals surface area contributed by atoms with E-state index in [-0.39, 0.29) is 11.9 Å². The van der Waals surface area contributed by atoms with Crippen LogP contribution in [0.5, 0.6) is 0 Å². The van der Waals surface area contributed by atoms with Gasteiger partial charge in [0.05, 0.1) is 19.3 Å². The molecule has 14 heavy (non-hydrogen) atoms. The van der Waals surface area contributed by atoms with E-state index in [2.05, 4.69) is 0 Å². The number of amides is 1. The Morgan fingerprint density at radius 2 is 2.21 bits per heavy atom. The van der Waals surface area contributed by atoms with E-state index in [1.165, 1.54) is 0 Å². The van der Waals surface area contributed by atoms with Gasteiger partial charge in [-0.25, -0.2) is 4.79 Å². The molecule has 1 rings (SSSR count). The molecule has 0 aliphatic carbocycles. The molecule has 0 radical (unpaired) electrons. The summed E-state index contributed by atoms with van der Waals surface area (Å²) < 4.78 is 5.15. The maximum absolute atomic E-state index is 11.4. The second-order valence-electron chi connectivity index (χ2n) is 3.13. The third kappa shape index (κ3) is 2.85. The number of carboxylic acid groups (broad SMARTS) is 1. The van der Waals surface area contributed by atoms with Crippen molar-refractivity contribution in [3.05, 3.63) is 12.2 Å². The Kier molecular flexibility index (Phi) is 3.64. The normalized spacial score (nSPS) is 22.6. The molecule has 5 nitrogen and oxygen atoms in total. The fourth-order valence-corrected chi connectivity index (χ4v) is 1.29. The van der Waals surface area contributed by atoms with Crippen LogP contribution in [0.3, 0.4) is 0 Å². The number of carboxylic acids is 1. The van der Waals surface area contributed by atoms with Crippen molar-refractivity contribution in [2.75, 3.05) is 19.8 Å². The standard InChI is InChI=1S/C9H13NO4/c1-7-6-14-5-4-10(7)8(11)2-3-9(12)13/h2-3,7H,4-6H2,1H3,(H,12,13)/b3-2-/t7-/m1/s1. The molecule has 0 unspecified atom stereocenters. The summed E-state index contributed by atoms with van der Waals surface area (Å²) >= 11 is 0. The monoisotopic (exact) mass is 199 g/mol. The van der Waals surface area contributed by atoms with Gasteiger partial charge in [0, 0.05) is 18.7 Å². The zero-order valence-electron chi connectivity index (χ0n) is 7.97. The number of hydrogen-bond donors (Lipinski definition) is 1. The molecule has 1 heterocycles. The third-order valence-corrected chi connectivity index (χ3v) is 2.02. The molecule has 1 saturated heterocycles. The van der Waals surface area contributed by atoms with Gasteiger partial charge in [0.25, 0.3) is 0 Å². The van der Waals surface area contributed by atoms with E-state index in [9.17, 15) is 9.59 Å². The third-order valence-electron chi connectivity index (χ3n) is 2.02. The molecular formula is C9H13NO4. The predicted molar refractivity (Wildman–Crippen MR) is 48.8 cm³/mol. The Morgan fingerprint density at radius 1 is 1.50 bits per heavy atom. The highest BCUT2D eigenvalue weighted by Crippen LogP contribution is 2.06. The highest BCUT2D eigenvalue weighted by molar-refractivity contribution is 5.94. The average Bonchev–Trinajstić information content (AvgIpc) is 2.15. The molecule has 1 amide bonds. The van der Waals surface area contributed by atoms with E-state index in [1.807, 2.05) is 6.92 Å². The van der Waals surface area contributed by atoms with Crippen molar-refractivity contribution in [3.8, 4) is 0 Å². The van der Waals surface area contributed by atoms with Gasteiger partial charge in [-0.05, 0) is 6.92 Å². The zero-order chi connectivity index (χ0) is 10.6. The number of aliphatic carboxylic acids is 1. The molecule has 0 spiro atoms. The second kappa shape index (κ2) is 4.76. The minimum absolute atomic E-state index is 0.00898. The van der Waals surface area contributed by atoms with E-state index in [0.717, 1.165) is 12.2 Å². The second-order valence-corrected chi connectivity index (χ2v) is 3.13. The molecule has 0 aromatic carbocycles. The SMILES string of the molecule is C[C@@H]1COCCN1C(=O)/C=C\C(=O)O. The summed E-state index contributed by atoms with van der Waals surface area (Å²) in [5.74, 6) is -1.39. The van der Waals surface area contributed by atoms with Gasteiger partial charge < -0.3 is 14.7 Å². The molecule has 0 bridgehead atoms. The van der Waals surface area contributed by atoms with E-state index in [1.54, 1.807) is 4.90 Å². The van der Waals surface area contributed by atoms with E-state index in [0.29, 0.717) is 19.8 Å². The summed E-state index contributed by atoms with van der Waals surface area (Å²) in [4.78, 5) is 23.2. The lowest BCUT2D eigenvalue weighted by atomic mass is 10.2. The van der Waals surface area contributed by atoms with Crippen LogP contribution in [-0.4, -0.2) is 47.7 Å². The zero-order valence-corrected chi connectivity index (χ0v) is 7.97. The van der Waals surface area contributed by atoms with Gasteiger partial charge in [0.1, 0.15) is 0 Å². The quantitative estimate of drug-likeness (QED) is 0.629. The highest BCUT2D eigenvalue weighted by Gasteiger charge is 2.21. The van der Waals surface area contributed by atoms with Crippen molar-refractivity contribution in [3.63, 3.8) is 0 Å². The number of carbonyl (C=O) groups excluding carboxylic acids is 1. The number of morpholine rings is 1. The van der Waals surface area contributed by atoms with Crippen LogP contribution in [0, 0.1) is 0 Å². The molecule has 1 atom stereocenters. The lowest BCUT2D eigenvalue weighted by molar-refractivity contribution is -0.135. The minimum atomic E-state index is -1.11. The smallest absolute Gasteiger partial charge is 0.328 e. The first kappa shape index (κ1) is 10.7. The van der Waals surface area contributed by atoms with Crippen molar-refractivity contribution in [2.24, 2.45) is 0 Å². The molecule has 0 aromatic rings. The Labute approximate surface area is 82.0 Å². The number of hydrogen-bond acceptors (Lipinski definition) is 3. The summed E-state index contributed by atoms with van der Waals surface area (Å²) in [6, 6.07) is 0.00898. The Hall–Kier alpha value is -1.36. The fourth-order valence-electron chi connectivity index (χ4n) is 1.29. The molecule has 78 valence electrons. The fraction of sp³-hybridized carbons (Fsp3) is 0.556. The largest absolute Gasteiger partial charge is 0.478 e. The van der Waals surface area contributed by atoms with Crippen molar-refractivity contribution in [2.45, 2.75) is 13.0 Å². The van der Waals surface area contributed by atoms with Gasteiger partial charge in [-0.3, -0.25) is 4.79 Å². The lowest BCUT2D eigenvalue weighted by Gasteiger charge is -2.32. The van der Waals surface area contributed by atoms with Gasteiger partial charge >= 0.3 is 5.97 Å². The molecule has 1 N–H and O–H groups in total. The summed E-state index contributed by atoms with van der Waals surface area (Å²) in [7, 11) is 0. The van der Waals surface area contributed by atoms with E-state index >= 15 is 0 Å². The highest BCUT2D eigenvalue weighted by atomic mass is 16.5. The van der Waals surface area contributed by atoms with Crippen molar-refractivity contribution in [1.82, 2.24) is 4.90 Å². The molecule has 1 aliphatic rings. The first-order valence-electron chi connectivity index (χ1n) is 4.40. The summed E-state index contributed by atoms with van der Waals surface area (Å²) in [5, 5.41) is 8.34. The lowest BCUT2D eigenvalue weighted by Crippen LogP contribution is -2.46. The molecule has 1 aliphatic heterocycles. The number of rotatable bonds is 2. The topological polar surface area (TPSA) is 66.8 Å². The van der Waals surface area contributed by atoms with Gasteiger partial charge in [-0.2, -0.15) is 0 Å². The average molecular weight is 199 g/mol. The van der Waals surface area contributed by atoms with Crippen LogP contribution < -0.4 is 0 Å². The van der Waals surface area contributed by atoms with Crippen molar-refractivity contribution in [1.29, 1.82) is 0 Å². The van der Waals surface area contributed by atoms with Crippen molar-refractivity contribution >= 4 is 11.9 Å². The van der Waals surface area contributed by atoms with E-state index < -0.39 is 5.97 Å². The minimum Gasteiger partial charge on any atom is -0.478 e. The van der Waals surface area contributed by atoms with Gasteiger partial charge in [-0.15, -0.1) is 0 Å². The summed E-state index contributed by atoms with van der Waals surface area (Å²) in [6.45, 7) is 3.40. The molecule has 0 aromatic heterocycles. The first-order valence-corrected chi connectivity index (χ1v) is 4.40. The molecule has 1 fully saturated rings. The van der Waals surface area contributed by atoms with Crippen LogP contribution >= 0.6 is 0 Å². The number of ether oxygens (including phenoxy) is 1. The van der Waals surface area contributed by atoms with Crippen LogP contribution in [0.1, 0.15) is 6.92 Å². The maximum atomic E-state index is 11.4. The van der Waals surface area contributed by atoms with Crippen LogP contribution in [-0.2, 0) is 14.3 Å². The van der Waals surface area contributed by atoms with Crippen LogP contribution in [0.25, 0.3) is 0 Å². The first-order chi connectivity index (χ1) is 6.61. The van der Waals surface area contributed by atoms with Gasteiger partial charge in [0.15, 0.2) is 0 Å². The van der Waals surface area contributed by atoms with Crippen LogP contribution in [0.4, 0.5) is 0 Å². The van der Waals surface area contributed by atoms with Crippen molar-refractivity contribution < 1.29 is 19.4 Å². The van der Waals surface area contributed by atoms with Gasteiger partial charge in [-0.1, -0.05) is 0 Å². The molecule has 5 heteroatoms. The Balaban J connectivity index is 2.54. The maximum Gasteiger partial charge on any atom is 0.328 e. The molecule has 0 saturated carbocycles. The van der Waals surface area contributed by atoms with Crippen LogP contribution in [0.15, 0.2) is 12.2 Å². The Bertz CT molecular complexity index is 262.